The Labute approximate surface area is 263 Å². The van der Waals surface area contributed by atoms with E-state index in [1.165, 1.54) is 0 Å². The fourth-order valence-corrected chi connectivity index (χ4v) is 6.76. The maximum Gasteiger partial charge on any atom is 0.336 e. The van der Waals surface area contributed by atoms with E-state index in [1.807, 2.05) is 64.1 Å². The molecule has 1 heterocycles. The van der Waals surface area contributed by atoms with Gasteiger partial charge in [0.15, 0.2) is 14.1 Å². The van der Waals surface area contributed by atoms with Crippen LogP contribution >= 0.6 is 8.81 Å². The molecule has 0 amide bonds. The van der Waals surface area contributed by atoms with Crippen molar-refractivity contribution in [1.82, 2.24) is 0 Å². The molecule has 9 heteroatoms. The smallest absolute Gasteiger partial charge is 0.336 e. The van der Waals surface area contributed by atoms with Crippen molar-refractivity contribution in [2.24, 2.45) is 5.92 Å². The zero-order valence-corrected chi connectivity index (χ0v) is 30.3. The van der Waals surface area contributed by atoms with E-state index in [9.17, 15) is 15.0 Å². The molecule has 2 rings (SSSR count). The van der Waals surface area contributed by atoms with Crippen LogP contribution in [-0.2, 0) is 24.8 Å². The lowest BCUT2D eigenvalue weighted by Crippen LogP contribution is -2.48. The first-order valence-electron chi connectivity index (χ1n) is 15.6. The molecule has 0 aliphatic carbocycles. The molecule has 2 N–H and O–H groups in total. The highest BCUT2D eigenvalue weighted by Crippen LogP contribution is 2.41. The Morgan fingerprint density at radius 1 is 1.16 bits per heavy atom. The number of hydrogen-bond acceptors (Lipinski definition) is 6. The van der Waals surface area contributed by atoms with Gasteiger partial charge in [-0.2, -0.15) is 0 Å². The van der Waals surface area contributed by atoms with Gasteiger partial charge >= 0.3 is 5.97 Å². The van der Waals surface area contributed by atoms with E-state index in [-0.39, 0.29) is 29.3 Å². The number of carbonyl (C=O) groups is 1. The molecular formula is C34H57O7PSi. The van der Waals surface area contributed by atoms with Crippen molar-refractivity contribution < 1.29 is 33.4 Å². The van der Waals surface area contributed by atoms with Crippen LogP contribution in [0.3, 0.4) is 0 Å². The molecule has 0 aromatic heterocycles. The van der Waals surface area contributed by atoms with E-state index in [4.69, 9.17) is 18.4 Å². The van der Waals surface area contributed by atoms with Gasteiger partial charge in [-0.15, -0.1) is 0 Å². The molecule has 0 saturated carbocycles. The fourth-order valence-electron chi connectivity index (χ4n) is 4.92. The number of unbranched alkanes of at least 4 members (excludes halogenated alkanes) is 1. The van der Waals surface area contributed by atoms with Crippen LogP contribution in [0.25, 0.3) is 6.08 Å². The Morgan fingerprint density at radius 3 is 2.42 bits per heavy atom. The molecule has 6 atom stereocenters. The number of carboxylic acids is 1. The Hall–Kier alpha value is -1.38. The van der Waals surface area contributed by atoms with E-state index >= 15 is 0 Å². The molecule has 244 valence electrons. The number of carboxylic acid groups (broad SMARTS) is 1. The van der Waals surface area contributed by atoms with Crippen molar-refractivity contribution >= 4 is 29.2 Å². The van der Waals surface area contributed by atoms with Crippen LogP contribution in [0.5, 0.6) is 0 Å². The lowest BCUT2D eigenvalue weighted by atomic mass is 9.95. The Kier molecular flexibility index (Phi) is 14.3. The molecule has 0 radical (unpaired) electrons. The third kappa shape index (κ3) is 11.5. The van der Waals surface area contributed by atoms with Crippen LogP contribution in [0.1, 0.15) is 94.8 Å². The van der Waals surface area contributed by atoms with Gasteiger partial charge in [-0.1, -0.05) is 64.1 Å². The third-order valence-corrected chi connectivity index (χ3v) is 13.9. The van der Waals surface area contributed by atoms with Crippen molar-refractivity contribution in [1.29, 1.82) is 0 Å². The van der Waals surface area contributed by atoms with Gasteiger partial charge in [0, 0.05) is 15.9 Å². The molecule has 43 heavy (non-hydrogen) atoms. The minimum Gasteiger partial charge on any atom is -0.478 e. The monoisotopic (exact) mass is 636 g/mol. The highest BCUT2D eigenvalue weighted by Gasteiger charge is 2.47. The maximum atomic E-state index is 12.2. The normalized spacial score (nSPS) is 21.8. The molecule has 0 bridgehead atoms. The molecular weight excluding hydrogens is 579 g/mol. The summed E-state index contributed by atoms with van der Waals surface area (Å²) >= 11 is 0. The number of benzene rings is 1. The first kappa shape index (κ1) is 37.8. The molecule has 1 aromatic rings. The number of aromatic carboxylic acids is 1. The quantitative estimate of drug-likeness (QED) is 0.0819. The van der Waals surface area contributed by atoms with Crippen molar-refractivity contribution in [3.05, 3.63) is 52.6 Å². The van der Waals surface area contributed by atoms with Crippen molar-refractivity contribution in [2.75, 3.05) is 13.3 Å². The van der Waals surface area contributed by atoms with Gasteiger partial charge in [-0.3, -0.25) is 0 Å². The van der Waals surface area contributed by atoms with Crippen LogP contribution in [0.15, 0.2) is 30.4 Å². The summed E-state index contributed by atoms with van der Waals surface area (Å²) in [6, 6.07) is 4.00. The summed E-state index contributed by atoms with van der Waals surface area (Å²) in [5.74, 6) is -1.76. The zero-order chi connectivity index (χ0) is 32.6. The van der Waals surface area contributed by atoms with Crippen LogP contribution in [0.4, 0.5) is 0 Å². The summed E-state index contributed by atoms with van der Waals surface area (Å²) in [6.07, 6.45) is 11.0. The lowest BCUT2D eigenvalue weighted by Gasteiger charge is -2.40. The van der Waals surface area contributed by atoms with Crippen LogP contribution in [0, 0.1) is 12.8 Å². The number of hydrogen-bond donors (Lipinski definition) is 2. The van der Waals surface area contributed by atoms with E-state index in [0.29, 0.717) is 26.4 Å². The SMILES string of the molecule is COPCCCCc1cc(C)c(C(=O)O)c(/C=C/C[C@@H]2OC(C)(C)O[C@@H]2C(/C=C\[C@@H](C)[C@H](C)O)O[Si](C)(C)C(C)(C)C)c1. The summed E-state index contributed by atoms with van der Waals surface area (Å²) < 4.78 is 25.0. The highest BCUT2D eigenvalue weighted by molar-refractivity contribution is 7.32. The predicted molar refractivity (Wildman–Crippen MR) is 181 cm³/mol. The van der Waals surface area contributed by atoms with Gasteiger partial charge < -0.3 is 28.6 Å². The summed E-state index contributed by atoms with van der Waals surface area (Å²) in [6.45, 7) is 20.6. The number of aliphatic hydroxyl groups is 1. The molecule has 1 saturated heterocycles. The van der Waals surface area contributed by atoms with Gasteiger partial charge in [-0.25, -0.2) is 4.79 Å². The Bertz CT molecular complexity index is 1110. The minimum absolute atomic E-state index is 0.000366. The van der Waals surface area contributed by atoms with E-state index in [0.717, 1.165) is 36.6 Å². The third-order valence-electron chi connectivity index (χ3n) is 8.59. The molecule has 1 aliphatic heterocycles. The number of rotatable bonds is 16. The van der Waals surface area contributed by atoms with Crippen LogP contribution in [-0.4, -0.2) is 68.0 Å². The summed E-state index contributed by atoms with van der Waals surface area (Å²) in [7, 11) is 0.0678. The predicted octanol–water partition coefficient (Wildman–Crippen LogP) is 8.14. The number of aryl methyl sites for hydroxylation is 2. The Morgan fingerprint density at radius 2 is 1.84 bits per heavy atom. The largest absolute Gasteiger partial charge is 0.478 e. The number of aliphatic hydroxyl groups excluding tert-OH is 1. The van der Waals surface area contributed by atoms with Crippen molar-refractivity contribution in [2.45, 2.75) is 129 Å². The molecule has 0 spiro atoms. The Balaban J connectivity index is 2.36. The van der Waals surface area contributed by atoms with Crippen LogP contribution < -0.4 is 0 Å². The minimum atomic E-state index is -2.19. The first-order chi connectivity index (χ1) is 19.9. The average molecular weight is 637 g/mol. The molecule has 1 fully saturated rings. The second-order valence-electron chi connectivity index (χ2n) is 13.8. The van der Waals surface area contributed by atoms with E-state index < -0.39 is 26.2 Å². The summed E-state index contributed by atoms with van der Waals surface area (Å²) in [5, 5.41) is 20.1. The van der Waals surface area contributed by atoms with Gasteiger partial charge in [-0.05, 0) is 100 Å². The average Bonchev–Trinajstić information content (AvgIpc) is 3.18. The molecule has 2 unspecified atom stereocenters. The standard InChI is InChI=1S/C34H57O7PSi/c1-23(25(3)35)18-19-29(41-43(10,11)33(4,5)6)31-28(39-34(7,8)40-31)17-14-16-27-22-26(15-12-13-20-42-38-9)21-24(2)30(27)32(36)37/h14,16,18-19,21-23,25,28-29,31,35,42H,12-13,15,17,20H2,1-11H3,(H,36,37)/b16-14+,19-18-/t23-,25+,28+,29?,31+/m1/s1. The second-order valence-corrected chi connectivity index (χ2v) is 19.8. The van der Waals surface area contributed by atoms with Crippen molar-refractivity contribution in [3.8, 4) is 0 Å². The van der Waals surface area contributed by atoms with Gasteiger partial charge in [0.2, 0.25) is 0 Å². The number of ether oxygens (including phenoxy) is 2. The fraction of sp³-hybridized carbons (Fsp3) is 0.676. The molecule has 7 nitrogen and oxygen atoms in total. The molecule has 1 aliphatic rings. The maximum absolute atomic E-state index is 12.2. The first-order valence-corrected chi connectivity index (χ1v) is 19.6. The van der Waals surface area contributed by atoms with E-state index in [1.54, 1.807) is 14.0 Å². The van der Waals surface area contributed by atoms with Gasteiger partial charge in [0.25, 0.3) is 0 Å². The summed E-state index contributed by atoms with van der Waals surface area (Å²) in [5.41, 5.74) is 2.94. The van der Waals surface area contributed by atoms with Crippen LogP contribution in [0.2, 0.25) is 18.1 Å². The second kappa shape index (κ2) is 16.3. The van der Waals surface area contributed by atoms with Gasteiger partial charge in [0.1, 0.15) is 6.10 Å². The van der Waals surface area contributed by atoms with E-state index in [2.05, 4.69) is 33.9 Å². The topological polar surface area (TPSA) is 94.5 Å². The highest BCUT2D eigenvalue weighted by atomic mass is 31.1. The lowest BCUT2D eigenvalue weighted by molar-refractivity contribution is -0.151. The van der Waals surface area contributed by atoms with Crippen molar-refractivity contribution in [3.63, 3.8) is 0 Å². The molecule has 1 aromatic carbocycles. The zero-order valence-electron chi connectivity index (χ0n) is 28.3. The van der Waals surface area contributed by atoms with Gasteiger partial charge in [0.05, 0.1) is 23.9 Å². The summed E-state index contributed by atoms with van der Waals surface area (Å²) in [4.78, 5) is 12.2.